The van der Waals surface area contributed by atoms with Gasteiger partial charge in [0.1, 0.15) is 5.75 Å². The Kier molecular flexibility index (Phi) is 5.83. The lowest BCUT2D eigenvalue weighted by atomic mass is 10.0. The van der Waals surface area contributed by atoms with Crippen molar-refractivity contribution in [2.75, 3.05) is 7.11 Å². The van der Waals surface area contributed by atoms with Crippen molar-refractivity contribution >= 4 is 16.0 Å². The van der Waals surface area contributed by atoms with E-state index in [0.29, 0.717) is 12.8 Å². The summed E-state index contributed by atoms with van der Waals surface area (Å²) >= 11 is 0. The lowest BCUT2D eigenvalue weighted by Crippen LogP contribution is -2.45. The van der Waals surface area contributed by atoms with Crippen LogP contribution in [0, 0.1) is 11.8 Å². The quantitative estimate of drug-likeness (QED) is 0.484. The van der Waals surface area contributed by atoms with E-state index in [4.69, 9.17) is 0 Å². The van der Waals surface area contributed by atoms with Gasteiger partial charge in [-0.05, 0) is 37.1 Å². The lowest BCUT2D eigenvalue weighted by molar-refractivity contribution is -0.274. The van der Waals surface area contributed by atoms with Crippen molar-refractivity contribution < 1.29 is 35.9 Å². The first-order valence-corrected chi connectivity index (χ1v) is 9.04. The Bertz CT molecular complexity index is 816. The van der Waals surface area contributed by atoms with Crippen LogP contribution in [0.1, 0.15) is 25.7 Å². The molecule has 0 heterocycles. The fourth-order valence-electron chi connectivity index (χ4n) is 2.59. The molecule has 0 radical (unpaired) electrons. The van der Waals surface area contributed by atoms with E-state index < -0.39 is 33.6 Å². The van der Waals surface area contributed by atoms with E-state index >= 15 is 0 Å². The summed E-state index contributed by atoms with van der Waals surface area (Å²) in [6.07, 6.45) is -2.61. The van der Waals surface area contributed by atoms with Gasteiger partial charge in [-0.15, -0.1) is 13.2 Å². The van der Waals surface area contributed by atoms with Gasteiger partial charge in [-0.1, -0.05) is 18.8 Å². The Balaban J connectivity index is 2.22. The van der Waals surface area contributed by atoms with Crippen LogP contribution in [0.5, 0.6) is 5.75 Å². The topological polar surface area (TPSA) is 81.7 Å². The minimum Gasteiger partial charge on any atom is -0.459 e. The van der Waals surface area contributed by atoms with Crippen LogP contribution >= 0.6 is 0 Å². The summed E-state index contributed by atoms with van der Waals surface area (Å²) in [6.45, 7) is 0. The summed E-state index contributed by atoms with van der Waals surface area (Å²) in [7, 11) is -2.90. The zero-order valence-electron chi connectivity index (χ0n) is 13.7. The molecule has 6 nitrogen and oxygen atoms in total. The number of ether oxygens (including phenoxy) is 2. The molecule has 1 aliphatic carbocycles. The monoisotopic (exact) mass is 391 g/mol. The molecular weight excluding hydrogens is 375 g/mol. The van der Waals surface area contributed by atoms with Crippen molar-refractivity contribution in [2.45, 2.75) is 42.5 Å². The van der Waals surface area contributed by atoms with Gasteiger partial charge in [0.2, 0.25) is 10.0 Å². The predicted octanol–water partition coefficient (Wildman–Crippen LogP) is 2.35. The summed E-state index contributed by atoms with van der Waals surface area (Å²) < 4.78 is 72.2. The van der Waals surface area contributed by atoms with Crippen molar-refractivity contribution in [2.24, 2.45) is 0 Å². The van der Waals surface area contributed by atoms with E-state index in [-0.39, 0.29) is 4.90 Å². The number of hydrogen-bond donors (Lipinski definition) is 1. The van der Waals surface area contributed by atoms with Crippen LogP contribution < -0.4 is 9.46 Å². The number of sulfonamides is 1. The van der Waals surface area contributed by atoms with Crippen LogP contribution in [-0.4, -0.2) is 33.4 Å². The number of benzene rings is 1. The summed E-state index contributed by atoms with van der Waals surface area (Å²) in [4.78, 5) is 11.0. The van der Waals surface area contributed by atoms with Gasteiger partial charge in [-0.3, -0.25) is 0 Å². The highest BCUT2D eigenvalue weighted by molar-refractivity contribution is 7.89. The number of carbonyl (C=O) groups excluding carboxylic acids is 1. The average Bonchev–Trinajstić information content (AvgIpc) is 2.99. The SMILES string of the molecule is COC(=O)C#CC1(NS(=O)(=O)c2ccc(OC(F)(F)F)cc2)CCCC1. The molecule has 1 fully saturated rings. The van der Waals surface area contributed by atoms with Gasteiger partial charge in [0, 0.05) is 5.92 Å². The Morgan fingerprint density at radius 1 is 1.19 bits per heavy atom. The highest BCUT2D eigenvalue weighted by Crippen LogP contribution is 2.31. The fraction of sp³-hybridized carbons (Fsp3) is 0.438. The molecule has 0 aromatic heterocycles. The highest BCUT2D eigenvalue weighted by atomic mass is 32.2. The Labute approximate surface area is 148 Å². The van der Waals surface area contributed by atoms with E-state index in [0.717, 1.165) is 44.2 Å². The molecule has 2 rings (SSSR count). The third kappa shape index (κ3) is 5.37. The molecule has 0 amide bonds. The molecule has 26 heavy (non-hydrogen) atoms. The predicted molar refractivity (Wildman–Crippen MR) is 84.4 cm³/mol. The van der Waals surface area contributed by atoms with E-state index in [2.05, 4.69) is 26.0 Å². The zero-order chi connectivity index (χ0) is 19.4. The maximum absolute atomic E-state index is 12.5. The molecule has 1 saturated carbocycles. The first-order valence-electron chi connectivity index (χ1n) is 7.56. The molecule has 0 bridgehead atoms. The number of esters is 1. The fourth-order valence-corrected chi connectivity index (χ4v) is 3.97. The number of halogens is 3. The van der Waals surface area contributed by atoms with Gasteiger partial charge in [-0.25, -0.2) is 13.2 Å². The van der Waals surface area contributed by atoms with Crippen molar-refractivity contribution in [1.82, 2.24) is 4.72 Å². The second kappa shape index (κ2) is 7.55. The second-order valence-electron chi connectivity index (χ2n) is 5.66. The summed E-state index contributed by atoms with van der Waals surface area (Å²) in [5, 5.41) is 0. The molecule has 0 aliphatic heterocycles. The van der Waals surface area contributed by atoms with E-state index in [1.165, 1.54) is 0 Å². The largest absolute Gasteiger partial charge is 0.573 e. The van der Waals surface area contributed by atoms with Crippen molar-refractivity contribution in [3.63, 3.8) is 0 Å². The Morgan fingerprint density at radius 3 is 2.27 bits per heavy atom. The molecular formula is C16H16F3NO5S. The van der Waals surface area contributed by atoms with Gasteiger partial charge < -0.3 is 9.47 Å². The number of carbonyl (C=O) groups is 1. The standard InChI is InChI=1S/C16H16F3NO5S/c1-24-14(21)8-11-15(9-2-3-10-15)20-26(22,23)13-6-4-12(5-7-13)25-16(17,18)19/h4-7,20H,2-3,9-10H2,1H3. The molecule has 1 N–H and O–H groups in total. The van der Waals surface area contributed by atoms with Crippen LogP contribution in [-0.2, 0) is 19.6 Å². The number of hydrogen-bond acceptors (Lipinski definition) is 5. The van der Waals surface area contributed by atoms with E-state index in [1.807, 2.05) is 0 Å². The average molecular weight is 391 g/mol. The van der Waals surface area contributed by atoms with Gasteiger partial charge >= 0.3 is 12.3 Å². The number of nitrogens with one attached hydrogen (secondary N) is 1. The number of methoxy groups -OCH3 is 1. The molecule has 10 heteroatoms. The first kappa shape index (κ1) is 20.1. The molecule has 1 aromatic rings. The second-order valence-corrected chi connectivity index (χ2v) is 7.34. The maximum atomic E-state index is 12.5. The van der Waals surface area contributed by atoms with Crippen LogP contribution in [0.2, 0.25) is 0 Å². The highest BCUT2D eigenvalue weighted by Gasteiger charge is 2.37. The summed E-state index contributed by atoms with van der Waals surface area (Å²) in [6, 6.07) is 3.81. The normalized spacial score (nSPS) is 16.5. The summed E-state index contributed by atoms with van der Waals surface area (Å²) in [5.41, 5.74) is -1.12. The molecule has 0 saturated heterocycles. The molecule has 0 spiro atoms. The molecule has 1 aromatic carbocycles. The number of alkyl halides is 3. The van der Waals surface area contributed by atoms with E-state index in [1.54, 1.807) is 0 Å². The van der Waals surface area contributed by atoms with Crippen LogP contribution in [0.3, 0.4) is 0 Å². The van der Waals surface area contributed by atoms with Crippen LogP contribution in [0.25, 0.3) is 0 Å². The third-order valence-corrected chi connectivity index (χ3v) is 5.30. The lowest BCUT2D eigenvalue weighted by Gasteiger charge is -2.24. The minimum absolute atomic E-state index is 0.238. The third-order valence-electron chi connectivity index (χ3n) is 3.74. The van der Waals surface area contributed by atoms with Crippen molar-refractivity contribution in [3.8, 4) is 17.6 Å². The van der Waals surface area contributed by atoms with Crippen LogP contribution in [0.4, 0.5) is 13.2 Å². The van der Waals surface area contributed by atoms with E-state index in [9.17, 15) is 26.4 Å². The molecule has 0 unspecified atom stereocenters. The van der Waals surface area contributed by atoms with Crippen molar-refractivity contribution in [3.05, 3.63) is 24.3 Å². The van der Waals surface area contributed by atoms with Crippen LogP contribution in [0.15, 0.2) is 29.2 Å². The van der Waals surface area contributed by atoms with Gasteiger partial charge in [0.25, 0.3) is 0 Å². The Hall–Kier alpha value is -2.25. The van der Waals surface area contributed by atoms with Crippen molar-refractivity contribution in [1.29, 1.82) is 0 Å². The zero-order valence-corrected chi connectivity index (χ0v) is 14.5. The van der Waals surface area contributed by atoms with Gasteiger partial charge in [-0.2, -0.15) is 4.72 Å². The number of rotatable bonds is 4. The maximum Gasteiger partial charge on any atom is 0.573 e. The smallest absolute Gasteiger partial charge is 0.459 e. The molecule has 0 atom stereocenters. The Morgan fingerprint density at radius 2 is 1.77 bits per heavy atom. The molecule has 1 aliphatic rings. The molecule has 142 valence electrons. The first-order chi connectivity index (χ1) is 12.1. The summed E-state index contributed by atoms with van der Waals surface area (Å²) in [5.74, 6) is 3.55. The van der Waals surface area contributed by atoms with Gasteiger partial charge in [0.05, 0.1) is 17.5 Å². The minimum atomic E-state index is -4.87. The van der Waals surface area contributed by atoms with Gasteiger partial charge in [0.15, 0.2) is 0 Å².